The molecule has 0 saturated carbocycles. The maximum atomic E-state index is 10.1. The Morgan fingerprint density at radius 3 is 1.94 bits per heavy atom. The molecule has 0 aromatic heterocycles. The molecule has 3 nitrogen and oxygen atoms in total. The fraction of sp³-hybridized carbons (Fsp3) is 0.533. The molecule has 0 aliphatic rings. The van der Waals surface area contributed by atoms with Gasteiger partial charge in [-0.1, -0.05) is 52.8 Å². The first-order valence-corrected chi connectivity index (χ1v) is 6.13. The van der Waals surface area contributed by atoms with E-state index in [2.05, 4.69) is 52.8 Å². The fourth-order valence-corrected chi connectivity index (χ4v) is 1.88. The number of aromatic hydroxyl groups is 1. The zero-order valence-electron chi connectivity index (χ0n) is 12.1. The molecule has 18 heavy (non-hydrogen) atoms. The lowest BCUT2D eigenvalue weighted by atomic mass is 9.78. The van der Waals surface area contributed by atoms with E-state index in [1.165, 1.54) is 6.21 Å². The van der Waals surface area contributed by atoms with E-state index in [1.54, 1.807) is 6.07 Å². The molecule has 3 heteroatoms. The van der Waals surface area contributed by atoms with Crippen LogP contribution in [-0.4, -0.2) is 16.5 Å². The van der Waals surface area contributed by atoms with Crippen LogP contribution in [0.5, 0.6) is 5.75 Å². The monoisotopic (exact) mass is 249 g/mol. The van der Waals surface area contributed by atoms with E-state index in [-0.39, 0.29) is 16.6 Å². The summed E-state index contributed by atoms with van der Waals surface area (Å²) in [5.74, 6) is 0.158. The molecule has 1 aromatic carbocycles. The molecule has 0 bridgehead atoms. The van der Waals surface area contributed by atoms with Crippen LogP contribution in [-0.2, 0) is 10.8 Å². The molecule has 100 valence electrons. The molecular formula is C15H23NO2. The molecular weight excluding hydrogens is 226 g/mol. The molecule has 2 N–H and O–H groups in total. The van der Waals surface area contributed by atoms with Crippen molar-refractivity contribution in [1.29, 1.82) is 0 Å². The smallest absolute Gasteiger partial charge is 0.125 e. The quantitative estimate of drug-likeness (QED) is 0.452. The van der Waals surface area contributed by atoms with Gasteiger partial charge in [-0.2, -0.15) is 0 Å². The standard InChI is InChI=1S/C15H23NO2/c1-14(2,3)10-7-12(15(4,5)6)11(9-16-18)13(17)8-10/h7-9,17-18H,1-6H3. The molecule has 0 aliphatic heterocycles. The Labute approximate surface area is 109 Å². The molecule has 0 saturated heterocycles. The molecule has 0 atom stereocenters. The van der Waals surface area contributed by atoms with E-state index in [4.69, 9.17) is 5.21 Å². The third kappa shape index (κ3) is 3.03. The summed E-state index contributed by atoms with van der Waals surface area (Å²) in [6.45, 7) is 12.5. The van der Waals surface area contributed by atoms with Gasteiger partial charge in [-0.3, -0.25) is 0 Å². The average Bonchev–Trinajstić information content (AvgIpc) is 2.17. The lowest BCUT2D eigenvalue weighted by Gasteiger charge is -2.27. The van der Waals surface area contributed by atoms with Gasteiger partial charge in [0.05, 0.1) is 6.21 Å². The highest BCUT2D eigenvalue weighted by molar-refractivity contribution is 5.86. The van der Waals surface area contributed by atoms with Crippen LogP contribution in [0.3, 0.4) is 0 Å². The second kappa shape index (κ2) is 4.63. The van der Waals surface area contributed by atoms with E-state index in [0.717, 1.165) is 11.1 Å². The maximum Gasteiger partial charge on any atom is 0.125 e. The van der Waals surface area contributed by atoms with Crippen LogP contribution in [0.15, 0.2) is 17.3 Å². The number of oxime groups is 1. The SMILES string of the molecule is CC(C)(C)c1cc(O)c(C=NO)c(C(C)(C)C)c1. The minimum atomic E-state index is -0.130. The van der Waals surface area contributed by atoms with Crippen molar-refractivity contribution in [3.63, 3.8) is 0 Å². The number of hydrogen-bond donors (Lipinski definition) is 2. The fourth-order valence-electron chi connectivity index (χ4n) is 1.88. The molecule has 0 aliphatic carbocycles. The van der Waals surface area contributed by atoms with Crippen molar-refractivity contribution < 1.29 is 10.3 Å². The van der Waals surface area contributed by atoms with Crippen molar-refractivity contribution in [3.05, 3.63) is 28.8 Å². The third-order valence-electron chi connectivity index (χ3n) is 3.02. The zero-order chi connectivity index (χ0) is 14.1. The number of phenols is 1. The summed E-state index contributed by atoms with van der Waals surface area (Å²) in [6, 6.07) is 3.82. The van der Waals surface area contributed by atoms with Gasteiger partial charge in [0.25, 0.3) is 0 Å². The third-order valence-corrected chi connectivity index (χ3v) is 3.02. The van der Waals surface area contributed by atoms with E-state index >= 15 is 0 Å². The number of benzene rings is 1. The van der Waals surface area contributed by atoms with E-state index in [0.29, 0.717) is 5.56 Å². The van der Waals surface area contributed by atoms with Gasteiger partial charge >= 0.3 is 0 Å². The second-order valence-electron chi connectivity index (χ2n) is 6.70. The van der Waals surface area contributed by atoms with E-state index in [1.807, 2.05) is 0 Å². The molecule has 0 spiro atoms. The van der Waals surface area contributed by atoms with Gasteiger partial charge in [-0.25, -0.2) is 0 Å². The average molecular weight is 249 g/mol. The highest BCUT2D eigenvalue weighted by Gasteiger charge is 2.24. The number of phenolic OH excluding ortho intramolecular Hbond substituents is 1. The second-order valence-corrected chi connectivity index (χ2v) is 6.70. The van der Waals surface area contributed by atoms with Crippen LogP contribution in [0, 0.1) is 0 Å². The van der Waals surface area contributed by atoms with Crippen LogP contribution in [0.2, 0.25) is 0 Å². The highest BCUT2D eigenvalue weighted by atomic mass is 16.4. The molecule has 0 unspecified atom stereocenters. The summed E-state index contributed by atoms with van der Waals surface area (Å²) in [7, 11) is 0. The van der Waals surface area contributed by atoms with Gasteiger partial charge < -0.3 is 10.3 Å². The minimum absolute atomic E-state index is 0.0353. The minimum Gasteiger partial charge on any atom is -0.507 e. The molecule has 1 aromatic rings. The van der Waals surface area contributed by atoms with Gasteiger partial charge in [0.15, 0.2) is 0 Å². The van der Waals surface area contributed by atoms with Crippen LogP contribution >= 0.6 is 0 Å². The Kier molecular flexibility index (Phi) is 3.75. The largest absolute Gasteiger partial charge is 0.507 e. The lowest BCUT2D eigenvalue weighted by Crippen LogP contribution is -2.18. The van der Waals surface area contributed by atoms with Crippen LogP contribution in [0.4, 0.5) is 0 Å². The summed E-state index contributed by atoms with van der Waals surface area (Å²) in [6.07, 6.45) is 1.29. The molecule has 0 fully saturated rings. The van der Waals surface area contributed by atoms with E-state index < -0.39 is 0 Å². The van der Waals surface area contributed by atoms with Crippen molar-refractivity contribution in [1.82, 2.24) is 0 Å². The first-order chi connectivity index (χ1) is 8.07. The Morgan fingerprint density at radius 1 is 1.00 bits per heavy atom. The lowest BCUT2D eigenvalue weighted by molar-refractivity contribution is 0.321. The Balaban J connectivity index is 3.58. The number of hydrogen-bond acceptors (Lipinski definition) is 3. The Bertz CT molecular complexity index is 463. The Hall–Kier alpha value is -1.51. The van der Waals surface area contributed by atoms with Crippen LogP contribution in [0.25, 0.3) is 0 Å². The van der Waals surface area contributed by atoms with Gasteiger partial charge in [0.1, 0.15) is 5.75 Å². The Morgan fingerprint density at radius 2 is 1.56 bits per heavy atom. The molecule has 0 heterocycles. The maximum absolute atomic E-state index is 10.1. The number of rotatable bonds is 1. The molecule has 0 amide bonds. The van der Waals surface area contributed by atoms with Gasteiger partial charge in [-0.15, -0.1) is 0 Å². The molecule has 1 rings (SSSR count). The van der Waals surface area contributed by atoms with E-state index in [9.17, 15) is 5.11 Å². The summed E-state index contributed by atoms with van der Waals surface area (Å²) in [5, 5.41) is 21.9. The van der Waals surface area contributed by atoms with Gasteiger partial charge in [-0.05, 0) is 28.0 Å². The normalized spacial score (nSPS) is 13.2. The number of nitrogens with zero attached hydrogens (tertiary/aromatic N) is 1. The van der Waals surface area contributed by atoms with Crippen molar-refractivity contribution >= 4 is 6.21 Å². The van der Waals surface area contributed by atoms with Crippen molar-refractivity contribution in [2.75, 3.05) is 0 Å². The molecule has 0 radical (unpaired) electrons. The van der Waals surface area contributed by atoms with Crippen molar-refractivity contribution in [2.45, 2.75) is 52.4 Å². The van der Waals surface area contributed by atoms with Crippen LogP contribution in [0.1, 0.15) is 58.2 Å². The van der Waals surface area contributed by atoms with Gasteiger partial charge in [0, 0.05) is 5.56 Å². The summed E-state index contributed by atoms with van der Waals surface area (Å²) < 4.78 is 0. The first kappa shape index (κ1) is 14.6. The first-order valence-electron chi connectivity index (χ1n) is 6.13. The summed E-state index contributed by atoms with van der Waals surface area (Å²) in [5.41, 5.74) is 2.46. The van der Waals surface area contributed by atoms with Crippen molar-refractivity contribution in [3.8, 4) is 5.75 Å². The predicted molar refractivity (Wildman–Crippen MR) is 74.9 cm³/mol. The topological polar surface area (TPSA) is 52.8 Å². The highest BCUT2D eigenvalue weighted by Crippen LogP contribution is 2.35. The predicted octanol–water partition coefficient (Wildman–Crippen LogP) is 3.80. The summed E-state index contributed by atoms with van der Waals surface area (Å²) in [4.78, 5) is 0. The van der Waals surface area contributed by atoms with Gasteiger partial charge in [0.2, 0.25) is 0 Å². The summed E-state index contributed by atoms with van der Waals surface area (Å²) >= 11 is 0. The van der Waals surface area contributed by atoms with Crippen LogP contribution < -0.4 is 0 Å². The zero-order valence-corrected chi connectivity index (χ0v) is 12.1. The van der Waals surface area contributed by atoms with Crippen molar-refractivity contribution in [2.24, 2.45) is 5.16 Å².